The molecular formula is C28H33N3O2. The van der Waals surface area contributed by atoms with Gasteiger partial charge in [-0.3, -0.25) is 4.79 Å². The molecule has 0 spiro atoms. The molecule has 0 radical (unpaired) electrons. The van der Waals surface area contributed by atoms with E-state index in [1.807, 2.05) is 0 Å². The second-order valence-electron chi connectivity index (χ2n) is 8.96. The van der Waals surface area contributed by atoms with Crippen LogP contribution in [0.4, 0.5) is 11.4 Å². The highest BCUT2D eigenvalue weighted by Crippen LogP contribution is 2.41. The summed E-state index contributed by atoms with van der Waals surface area (Å²) in [6.07, 6.45) is 0.799. The van der Waals surface area contributed by atoms with Gasteiger partial charge in [0.15, 0.2) is 0 Å². The Morgan fingerprint density at radius 3 is 2.09 bits per heavy atom. The number of para-hydroxylation sites is 2. The Morgan fingerprint density at radius 2 is 1.48 bits per heavy atom. The lowest BCUT2D eigenvalue weighted by atomic mass is 10.0. The Hall–Kier alpha value is -3.31. The molecule has 2 N–H and O–H groups in total. The molecule has 0 bridgehead atoms. The molecule has 5 nitrogen and oxygen atoms in total. The molecule has 0 saturated carbocycles. The zero-order chi connectivity index (χ0) is 23.4. The molecule has 33 heavy (non-hydrogen) atoms. The molecule has 172 valence electrons. The lowest BCUT2D eigenvalue weighted by Crippen LogP contribution is -2.47. The van der Waals surface area contributed by atoms with Crippen molar-refractivity contribution in [1.29, 1.82) is 0 Å². The number of amides is 1. The van der Waals surface area contributed by atoms with E-state index < -0.39 is 6.61 Å². The molecule has 1 amide bonds. The van der Waals surface area contributed by atoms with Gasteiger partial charge in [0.1, 0.15) is 6.61 Å². The average molecular weight is 444 g/mol. The topological polar surface area (TPSA) is 55.8 Å². The van der Waals surface area contributed by atoms with Crippen LogP contribution in [0, 0.1) is 13.8 Å². The van der Waals surface area contributed by atoms with Gasteiger partial charge in [0.05, 0.1) is 30.1 Å². The summed E-state index contributed by atoms with van der Waals surface area (Å²) in [5, 5.41) is 12.1. The Morgan fingerprint density at radius 1 is 0.909 bits per heavy atom. The number of nitrogens with zero attached hydrogens (tertiary/aromatic N) is 2. The zero-order valence-electron chi connectivity index (χ0n) is 19.7. The number of carbonyl (C=O) groups excluding carboxylic acids is 1. The van der Waals surface area contributed by atoms with Crippen molar-refractivity contribution in [2.75, 3.05) is 29.6 Å². The molecule has 2 atom stereocenters. The highest BCUT2D eigenvalue weighted by atomic mass is 16.3. The number of fused-ring (bicyclic) bond motifs is 1. The van der Waals surface area contributed by atoms with Crippen LogP contribution < -0.4 is 15.1 Å². The molecular weight excluding hydrogens is 410 g/mol. The first kappa shape index (κ1) is 22.9. The smallest absolute Gasteiger partial charge is 0.245 e. The minimum absolute atomic E-state index is 0.0552. The van der Waals surface area contributed by atoms with Gasteiger partial charge in [0, 0.05) is 6.54 Å². The second-order valence-corrected chi connectivity index (χ2v) is 8.96. The van der Waals surface area contributed by atoms with Crippen LogP contribution in [0.2, 0.25) is 0 Å². The number of anilines is 2. The fourth-order valence-electron chi connectivity index (χ4n) is 4.51. The predicted molar refractivity (Wildman–Crippen MR) is 135 cm³/mol. The van der Waals surface area contributed by atoms with E-state index in [-0.39, 0.29) is 18.0 Å². The molecule has 1 unspecified atom stereocenters. The monoisotopic (exact) mass is 443 g/mol. The van der Waals surface area contributed by atoms with Gasteiger partial charge < -0.3 is 20.2 Å². The molecule has 1 heterocycles. The van der Waals surface area contributed by atoms with Gasteiger partial charge in [0.25, 0.3) is 0 Å². The van der Waals surface area contributed by atoms with Gasteiger partial charge in [-0.05, 0) is 50.5 Å². The standard InChI is InChI=1S/C28H33N3O2/c1-20-8-12-23(13-9-20)16-25(17-29-28(33)18-32)31-19-30(26-6-4-5-7-27(26)31)22(3)24-14-10-21(2)11-15-24/h4-15,22,25,32H,16-19H2,1-3H3,(H,29,33)/t22-,25?/m0/s1. The average Bonchev–Trinajstić information content (AvgIpc) is 3.22. The summed E-state index contributed by atoms with van der Waals surface area (Å²) in [4.78, 5) is 16.7. The van der Waals surface area contributed by atoms with E-state index in [0.29, 0.717) is 6.54 Å². The van der Waals surface area contributed by atoms with Crippen LogP contribution in [0.3, 0.4) is 0 Å². The SMILES string of the molecule is Cc1ccc(CC(CNC(=O)CO)N2CN([C@@H](C)c3ccc(C)cc3)c3ccccc32)cc1. The molecule has 5 heteroatoms. The summed E-state index contributed by atoms with van der Waals surface area (Å²) in [7, 11) is 0. The van der Waals surface area contributed by atoms with E-state index in [1.54, 1.807) is 0 Å². The maximum absolute atomic E-state index is 11.9. The van der Waals surface area contributed by atoms with Crippen molar-refractivity contribution in [1.82, 2.24) is 5.32 Å². The van der Waals surface area contributed by atoms with Crippen molar-refractivity contribution in [2.45, 2.75) is 39.3 Å². The summed E-state index contributed by atoms with van der Waals surface area (Å²) in [5.41, 5.74) is 7.37. The molecule has 0 aromatic heterocycles. The van der Waals surface area contributed by atoms with E-state index >= 15 is 0 Å². The van der Waals surface area contributed by atoms with Crippen LogP contribution in [0.1, 0.15) is 35.2 Å². The summed E-state index contributed by atoms with van der Waals surface area (Å²) in [6, 6.07) is 26.1. The Kier molecular flexibility index (Phi) is 6.99. The van der Waals surface area contributed by atoms with Crippen LogP contribution >= 0.6 is 0 Å². The molecule has 0 fully saturated rings. The van der Waals surface area contributed by atoms with E-state index in [9.17, 15) is 9.90 Å². The van der Waals surface area contributed by atoms with E-state index in [0.717, 1.165) is 13.1 Å². The quantitative estimate of drug-likeness (QED) is 0.543. The number of aryl methyl sites for hydroxylation is 2. The number of aliphatic hydroxyl groups is 1. The molecule has 3 aromatic carbocycles. The lowest BCUT2D eigenvalue weighted by molar-refractivity contribution is -0.123. The fourth-order valence-corrected chi connectivity index (χ4v) is 4.51. The van der Waals surface area contributed by atoms with Crippen molar-refractivity contribution in [3.8, 4) is 0 Å². The minimum atomic E-state index is -0.496. The molecule has 0 aliphatic carbocycles. The van der Waals surface area contributed by atoms with Crippen molar-refractivity contribution in [3.63, 3.8) is 0 Å². The molecule has 1 aliphatic rings. The van der Waals surface area contributed by atoms with Gasteiger partial charge >= 0.3 is 0 Å². The van der Waals surface area contributed by atoms with Crippen molar-refractivity contribution >= 4 is 17.3 Å². The van der Waals surface area contributed by atoms with Gasteiger partial charge in [-0.15, -0.1) is 0 Å². The van der Waals surface area contributed by atoms with Crippen LogP contribution in [0.15, 0.2) is 72.8 Å². The predicted octanol–water partition coefficient (Wildman–Crippen LogP) is 4.37. The number of benzene rings is 3. The minimum Gasteiger partial charge on any atom is -0.387 e. The third-order valence-electron chi connectivity index (χ3n) is 6.54. The highest BCUT2D eigenvalue weighted by molar-refractivity contribution is 5.78. The molecule has 0 saturated heterocycles. The maximum Gasteiger partial charge on any atom is 0.245 e. The van der Waals surface area contributed by atoms with E-state index in [2.05, 4.69) is 109 Å². The van der Waals surface area contributed by atoms with Crippen molar-refractivity contribution < 1.29 is 9.90 Å². The first-order valence-corrected chi connectivity index (χ1v) is 11.6. The van der Waals surface area contributed by atoms with E-state index in [4.69, 9.17) is 0 Å². The lowest BCUT2D eigenvalue weighted by Gasteiger charge is -2.33. The number of rotatable bonds is 8. The summed E-state index contributed by atoms with van der Waals surface area (Å²) >= 11 is 0. The summed E-state index contributed by atoms with van der Waals surface area (Å²) < 4.78 is 0. The summed E-state index contributed by atoms with van der Waals surface area (Å²) in [5.74, 6) is -0.346. The van der Waals surface area contributed by atoms with Crippen LogP contribution in [0.5, 0.6) is 0 Å². The Labute approximate surface area is 196 Å². The van der Waals surface area contributed by atoms with Crippen LogP contribution in [-0.2, 0) is 11.2 Å². The van der Waals surface area contributed by atoms with Gasteiger partial charge in [-0.1, -0.05) is 71.8 Å². The Balaban J connectivity index is 1.63. The number of hydrogen-bond acceptors (Lipinski definition) is 4. The first-order valence-electron chi connectivity index (χ1n) is 11.6. The second kappa shape index (κ2) is 10.1. The van der Waals surface area contributed by atoms with Crippen molar-refractivity contribution in [2.24, 2.45) is 0 Å². The number of hydrogen-bond donors (Lipinski definition) is 2. The maximum atomic E-state index is 11.9. The zero-order valence-corrected chi connectivity index (χ0v) is 19.7. The Bertz CT molecular complexity index is 1080. The van der Waals surface area contributed by atoms with Crippen LogP contribution in [0.25, 0.3) is 0 Å². The molecule has 1 aliphatic heterocycles. The van der Waals surface area contributed by atoms with Crippen LogP contribution in [-0.4, -0.2) is 36.9 Å². The third kappa shape index (κ3) is 5.20. The molecule has 3 aromatic rings. The molecule has 4 rings (SSSR count). The van der Waals surface area contributed by atoms with Gasteiger partial charge in [0.2, 0.25) is 5.91 Å². The van der Waals surface area contributed by atoms with Gasteiger partial charge in [-0.2, -0.15) is 0 Å². The largest absolute Gasteiger partial charge is 0.387 e. The number of carbonyl (C=O) groups is 1. The normalized spacial score (nSPS) is 14.7. The van der Waals surface area contributed by atoms with E-state index in [1.165, 1.54) is 33.6 Å². The number of aliphatic hydroxyl groups excluding tert-OH is 1. The summed E-state index contributed by atoms with van der Waals surface area (Å²) in [6.45, 7) is 7.15. The first-order chi connectivity index (χ1) is 16.0. The van der Waals surface area contributed by atoms with Crippen molar-refractivity contribution in [3.05, 3.63) is 95.1 Å². The highest BCUT2D eigenvalue weighted by Gasteiger charge is 2.33. The fraction of sp³-hybridized carbons (Fsp3) is 0.321. The third-order valence-corrected chi connectivity index (χ3v) is 6.54. The number of nitrogens with one attached hydrogen (secondary N) is 1. The van der Waals surface area contributed by atoms with Gasteiger partial charge in [-0.25, -0.2) is 0 Å².